The zero-order chi connectivity index (χ0) is 20.1. The highest BCUT2D eigenvalue weighted by Crippen LogP contribution is 2.24. The molecule has 0 spiro atoms. The molecule has 28 heavy (non-hydrogen) atoms. The number of amides is 1. The molecular formula is C23H20ClNO3. The molecule has 142 valence electrons. The third-order valence-electron chi connectivity index (χ3n) is 4.36. The lowest BCUT2D eigenvalue weighted by molar-refractivity contribution is -0.115. The van der Waals surface area contributed by atoms with Crippen molar-refractivity contribution in [3.63, 3.8) is 0 Å². The van der Waals surface area contributed by atoms with Crippen molar-refractivity contribution in [3.8, 4) is 5.75 Å². The highest BCUT2D eigenvalue weighted by Gasteiger charge is 2.16. The summed E-state index contributed by atoms with van der Waals surface area (Å²) >= 11 is 6.08. The van der Waals surface area contributed by atoms with Gasteiger partial charge < -0.3 is 10.1 Å². The summed E-state index contributed by atoms with van der Waals surface area (Å²) in [6, 6.07) is 19.4. The lowest BCUT2D eigenvalue weighted by Gasteiger charge is -2.12. The van der Waals surface area contributed by atoms with Crippen LogP contribution in [0.1, 0.15) is 27.0 Å². The summed E-state index contributed by atoms with van der Waals surface area (Å²) in [6.07, 6.45) is 0.187. The Bertz CT molecular complexity index is 1020. The molecule has 0 aliphatic carbocycles. The number of hydrogen-bond donors (Lipinski definition) is 1. The summed E-state index contributed by atoms with van der Waals surface area (Å²) < 4.78 is 5.25. The van der Waals surface area contributed by atoms with Gasteiger partial charge in [-0.3, -0.25) is 9.59 Å². The minimum atomic E-state index is -0.214. The Kier molecular flexibility index (Phi) is 6.12. The first-order valence-electron chi connectivity index (χ1n) is 8.80. The normalized spacial score (nSPS) is 10.4. The van der Waals surface area contributed by atoms with Gasteiger partial charge in [0.15, 0.2) is 5.78 Å². The number of ketones is 1. The Morgan fingerprint density at radius 1 is 1.00 bits per heavy atom. The first kappa shape index (κ1) is 19.6. The Hall–Kier alpha value is -3.11. The SMILES string of the molecule is COc1ccc(CC(=O)Nc2ccc(Cl)cc2C(=O)c2ccccc2)cc1C. The summed E-state index contributed by atoms with van der Waals surface area (Å²) in [5.74, 6) is 0.366. The zero-order valence-corrected chi connectivity index (χ0v) is 16.4. The Morgan fingerprint density at radius 3 is 2.43 bits per heavy atom. The molecule has 0 saturated carbocycles. The van der Waals surface area contributed by atoms with E-state index in [1.165, 1.54) is 0 Å². The highest BCUT2D eigenvalue weighted by molar-refractivity contribution is 6.31. The molecule has 3 rings (SSSR count). The van der Waals surface area contributed by atoms with Crippen LogP contribution in [0, 0.1) is 6.92 Å². The number of carbonyl (C=O) groups excluding carboxylic acids is 2. The highest BCUT2D eigenvalue weighted by atomic mass is 35.5. The fourth-order valence-electron chi connectivity index (χ4n) is 2.99. The Labute approximate surface area is 169 Å². The van der Waals surface area contributed by atoms with Crippen LogP contribution in [0.25, 0.3) is 0 Å². The van der Waals surface area contributed by atoms with Crippen LogP contribution in [0.4, 0.5) is 5.69 Å². The molecule has 0 aliphatic heterocycles. The van der Waals surface area contributed by atoms with Crippen LogP contribution in [0.3, 0.4) is 0 Å². The summed E-state index contributed by atoms with van der Waals surface area (Å²) in [5.41, 5.74) is 3.15. The first-order valence-corrected chi connectivity index (χ1v) is 9.18. The van der Waals surface area contributed by atoms with Gasteiger partial charge in [-0.1, -0.05) is 54.1 Å². The Morgan fingerprint density at radius 2 is 1.75 bits per heavy atom. The van der Waals surface area contributed by atoms with Crippen LogP contribution in [0.5, 0.6) is 5.75 Å². The van der Waals surface area contributed by atoms with Gasteiger partial charge >= 0.3 is 0 Å². The van der Waals surface area contributed by atoms with Crippen molar-refractivity contribution < 1.29 is 14.3 Å². The number of benzene rings is 3. The van der Waals surface area contributed by atoms with Gasteiger partial charge in [-0.15, -0.1) is 0 Å². The van der Waals surface area contributed by atoms with Crippen molar-refractivity contribution >= 4 is 29.0 Å². The van der Waals surface area contributed by atoms with Crippen LogP contribution in [-0.2, 0) is 11.2 Å². The van der Waals surface area contributed by atoms with E-state index in [-0.39, 0.29) is 18.1 Å². The van der Waals surface area contributed by atoms with E-state index in [9.17, 15) is 9.59 Å². The standard InChI is InChI=1S/C23H20ClNO3/c1-15-12-16(8-11-21(15)28-2)13-22(26)25-20-10-9-18(24)14-19(20)23(27)17-6-4-3-5-7-17/h3-12,14H,13H2,1-2H3,(H,25,26). The van der Waals surface area contributed by atoms with Gasteiger partial charge in [-0.25, -0.2) is 0 Å². The molecular weight excluding hydrogens is 374 g/mol. The minimum Gasteiger partial charge on any atom is -0.496 e. The number of halogens is 1. The molecule has 0 aromatic heterocycles. The number of methoxy groups -OCH3 is 1. The van der Waals surface area contributed by atoms with E-state index in [1.807, 2.05) is 31.2 Å². The third-order valence-corrected chi connectivity index (χ3v) is 4.60. The maximum atomic E-state index is 12.9. The number of anilines is 1. The van der Waals surface area contributed by atoms with Gasteiger partial charge in [0.25, 0.3) is 0 Å². The van der Waals surface area contributed by atoms with Gasteiger partial charge in [0.1, 0.15) is 5.75 Å². The van der Waals surface area contributed by atoms with Crippen molar-refractivity contribution in [1.82, 2.24) is 0 Å². The third kappa shape index (κ3) is 4.59. The summed E-state index contributed by atoms with van der Waals surface area (Å²) in [5, 5.41) is 3.27. The topological polar surface area (TPSA) is 55.4 Å². The van der Waals surface area contributed by atoms with Crippen LogP contribution in [-0.4, -0.2) is 18.8 Å². The van der Waals surface area contributed by atoms with Gasteiger partial charge in [-0.05, 0) is 42.3 Å². The molecule has 5 heteroatoms. The van der Waals surface area contributed by atoms with Crippen LogP contribution in [0.15, 0.2) is 66.7 Å². The van der Waals surface area contributed by atoms with Gasteiger partial charge in [0, 0.05) is 16.1 Å². The van der Waals surface area contributed by atoms with Crippen molar-refractivity contribution in [2.45, 2.75) is 13.3 Å². The maximum absolute atomic E-state index is 12.9. The first-order chi connectivity index (χ1) is 13.5. The van der Waals surface area contributed by atoms with Crippen molar-refractivity contribution in [3.05, 3.63) is 94.0 Å². The minimum absolute atomic E-state index is 0.187. The molecule has 0 unspecified atom stereocenters. The molecule has 0 bridgehead atoms. The predicted molar refractivity (Wildman–Crippen MR) is 111 cm³/mol. The smallest absolute Gasteiger partial charge is 0.228 e. The number of carbonyl (C=O) groups is 2. The molecule has 0 saturated heterocycles. The van der Waals surface area contributed by atoms with Crippen molar-refractivity contribution in [1.29, 1.82) is 0 Å². The van der Waals surface area contributed by atoms with Crippen LogP contribution in [0.2, 0.25) is 5.02 Å². The van der Waals surface area contributed by atoms with E-state index in [4.69, 9.17) is 16.3 Å². The second-order valence-corrected chi connectivity index (χ2v) is 6.85. The van der Waals surface area contributed by atoms with Gasteiger partial charge in [-0.2, -0.15) is 0 Å². The van der Waals surface area contributed by atoms with E-state index in [1.54, 1.807) is 49.6 Å². The number of hydrogen-bond acceptors (Lipinski definition) is 3. The van der Waals surface area contributed by atoms with E-state index in [0.29, 0.717) is 21.8 Å². The number of rotatable bonds is 6. The molecule has 1 amide bonds. The molecule has 0 heterocycles. The van der Waals surface area contributed by atoms with E-state index in [0.717, 1.165) is 16.9 Å². The molecule has 4 nitrogen and oxygen atoms in total. The molecule has 0 atom stereocenters. The number of nitrogens with one attached hydrogen (secondary N) is 1. The summed E-state index contributed by atoms with van der Waals surface area (Å²) in [7, 11) is 1.61. The average molecular weight is 394 g/mol. The predicted octanol–water partition coefficient (Wildman–Crippen LogP) is 5.07. The van der Waals surface area contributed by atoms with E-state index < -0.39 is 0 Å². The van der Waals surface area contributed by atoms with Crippen LogP contribution < -0.4 is 10.1 Å². The van der Waals surface area contributed by atoms with Gasteiger partial charge in [0.05, 0.1) is 19.2 Å². The summed E-state index contributed by atoms with van der Waals surface area (Å²) in [4.78, 5) is 25.4. The number of aryl methyl sites for hydroxylation is 1. The molecule has 0 fully saturated rings. The second-order valence-electron chi connectivity index (χ2n) is 6.41. The largest absolute Gasteiger partial charge is 0.496 e. The molecule has 3 aromatic rings. The Balaban J connectivity index is 1.81. The summed E-state index contributed by atoms with van der Waals surface area (Å²) in [6.45, 7) is 1.93. The quantitative estimate of drug-likeness (QED) is 0.595. The lowest BCUT2D eigenvalue weighted by atomic mass is 10.0. The number of ether oxygens (including phenoxy) is 1. The molecule has 1 N–H and O–H groups in total. The van der Waals surface area contributed by atoms with Crippen LogP contribution >= 0.6 is 11.6 Å². The monoisotopic (exact) mass is 393 g/mol. The fourth-order valence-corrected chi connectivity index (χ4v) is 3.16. The molecule has 0 radical (unpaired) electrons. The average Bonchev–Trinajstić information content (AvgIpc) is 2.69. The van der Waals surface area contributed by atoms with E-state index >= 15 is 0 Å². The second kappa shape index (κ2) is 8.72. The van der Waals surface area contributed by atoms with Crippen molar-refractivity contribution in [2.75, 3.05) is 12.4 Å². The molecule has 0 aliphatic rings. The van der Waals surface area contributed by atoms with E-state index in [2.05, 4.69) is 5.32 Å². The molecule has 3 aromatic carbocycles. The lowest BCUT2D eigenvalue weighted by Crippen LogP contribution is -2.17. The van der Waals surface area contributed by atoms with Gasteiger partial charge in [0.2, 0.25) is 5.91 Å². The zero-order valence-electron chi connectivity index (χ0n) is 15.7. The van der Waals surface area contributed by atoms with Crippen molar-refractivity contribution in [2.24, 2.45) is 0 Å². The fraction of sp³-hybridized carbons (Fsp3) is 0.130. The maximum Gasteiger partial charge on any atom is 0.228 e.